The lowest BCUT2D eigenvalue weighted by molar-refractivity contribution is -0.168. The van der Waals surface area contributed by atoms with Crippen LogP contribution in [0.1, 0.15) is 63.9 Å². The summed E-state index contributed by atoms with van der Waals surface area (Å²) in [5.41, 5.74) is 3.19. The first-order chi connectivity index (χ1) is 21.0. The van der Waals surface area contributed by atoms with Crippen molar-refractivity contribution >= 4 is 11.7 Å². The predicted octanol–water partition coefficient (Wildman–Crippen LogP) is 6.11. The van der Waals surface area contributed by atoms with E-state index in [-0.39, 0.29) is 29.7 Å². The molecular formula is C35H41FN2O5. The molecule has 2 heterocycles. The van der Waals surface area contributed by atoms with E-state index in [4.69, 9.17) is 14.2 Å². The standard InChI is InChI=1S/C35H41FN2O5/c1-41-32-6-4-5-27(23-32)24-38(35(40)30-10-8-26(9-11-30)25-43-33-7-2-3-22-42-33)21-20-37-18-16-29(17-19-37)34(39)28-12-14-31(36)15-13-28/h4-6,8-15,23,29,33H,2-3,7,16-22,24-25H2,1H3. The number of Topliss-reactive ketones (excluding diaryl/α,β-unsaturated/α-hetero) is 1. The number of piperidine rings is 1. The van der Waals surface area contributed by atoms with Crippen molar-refractivity contribution in [2.45, 2.75) is 51.5 Å². The third-order valence-electron chi connectivity index (χ3n) is 8.34. The third-order valence-corrected chi connectivity index (χ3v) is 8.34. The monoisotopic (exact) mass is 588 g/mol. The predicted molar refractivity (Wildman–Crippen MR) is 162 cm³/mol. The molecule has 2 aliphatic heterocycles. The van der Waals surface area contributed by atoms with Crippen LogP contribution in [0.25, 0.3) is 0 Å². The lowest BCUT2D eigenvalue weighted by Gasteiger charge is -2.33. The Hall–Kier alpha value is -3.59. The second-order valence-corrected chi connectivity index (χ2v) is 11.4. The third kappa shape index (κ3) is 8.72. The topological polar surface area (TPSA) is 68.3 Å². The fourth-order valence-corrected chi connectivity index (χ4v) is 5.73. The molecule has 7 nitrogen and oxygen atoms in total. The Morgan fingerprint density at radius 3 is 2.37 bits per heavy atom. The van der Waals surface area contributed by atoms with E-state index in [1.807, 2.05) is 53.4 Å². The van der Waals surface area contributed by atoms with Gasteiger partial charge in [0, 0.05) is 43.3 Å². The van der Waals surface area contributed by atoms with Crippen LogP contribution in [-0.2, 0) is 22.6 Å². The molecule has 0 N–H and O–H groups in total. The first-order valence-corrected chi connectivity index (χ1v) is 15.2. The average molecular weight is 589 g/mol. The van der Waals surface area contributed by atoms with Crippen molar-refractivity contribution in [3.05, 3.63) is 101 Å². The van der Waals surface area contributed by atoms with E-state index in [1.54, 1.807) is 19.2 Å². The number of ketones is 1. The Morgan fingerprint density at radius 1 is 0.930 bits per heavy atom. The largest absolute Gasteiger partial charge is 0.497 e. The number of hydrogen-bond acceptors (Lipinski definition) is 6. The van der Waals surface area contributed by atoms with E-state index in [0.717, 1.165) is 68.7 Å². The van der Waals surface area contributed by atoms with Gasteiger partial charge in [-0.05, 0) is 105 Å². The fourth-order valence-electron chi connectivity index (χ4n) is 5.73. The smallest absolute Gasteiger partial charge is 0.254 e. The molecule has 3 aromatic rings. The summed E-state index contributed by atoms with van der Waals surface area (Å²) in [5, 5.41) is 0. The lowest BCUT2D eigenvalue weighted by atomic mass is 9.89. The maximum Gasteiger partial charge on any atom is 0.254 e. The van der Waals surface area contributed by atoms with Crippen molar-refractivity contribution in [1.29, 1.82) is 0 Å². The Kier molecular flexibility index (Phi) is 10.9. The molecule has 0 saturated carbocycles. The summed E-state index contributed by atoms with van der Waals surface area (Å²) >= 11 is 0. The van der Waals surface area contributed by atoms with Crippen molar-refractivity contribution in [3.63, 3.8) is 0 Å². The summed E-state index contributed by atoms with van der Waals surface area (Å²) in [6.45, 7) is 4.46. The second kappa shape index (κ2) is 15.2. The van der Waals surface area contributed by atoms with Gasteiger partial charge >= 0.3 is 0 Å². The Balaban J connectivity index is 1.19. The summed E-state index contributed by atoms with van der Waals surface area (Å²) < 4.78 is 30.3. The molecule has 5 rings (SSSR count). The zero-order valence-electron chi connectivity index (χ0n) is 24.9. The van der Waals surface area contributed by atoms with Gasteiger partial charge < -0.3 is 24.0 Å². The fraction of sp³-hybridized carbons (Fsp3) is 0.429. The van der Waals surface area contributed by atoms with Crippen molar-refractivity contribution in [2.24, 2.45) is 5.92 Å². The summed E-state index contributed by atoms with van der Waals surface area (Å²) in [6.07, 6.45) is 4.45. The number of amides is 1. The first-order valence-electron chi connectivity index (χ1n) is 15.2. The summed E-state index contributed by atoms with van der Waals surface area (Å²) in [6, 6.07) is 21.2. The summed E-state index contributed by atoms with van der Waals surface area (Å²) in [5.74, 6) is 0.392. The molecule has 1 unspecified atom stereocenters. The molecule has 1 atom stereocenters. The molecule has 2 aliphatic rings. The van der Waals surface area contributed by atoms with Crippen LogP contribution in [0.4, 0.5) is 4.39 Å². The number of nitrogens with zero attached hydrogens (tertiary/aromatic N) is 2. The van der Waals surface area contributed by atoms with Crippen molar-refractivity contribution in [1.82, 2.24) is 9.80 Å². The number of methoxy groups -OCH3 is 1. The molecule has 0 aromatic heterocycles. The van der Waals surface area contributed by atoms with Gasteiger partial charge in [0.15, 0.2) is 12.1 Å². The minimum Gasteiger partial charge on any atom is -0.497 e. The molecule has 1 amide bonds. The van der Waals surface area contributed by atoms with E-state index in [0.29, 0.717) is 37.4 Å². The van der Waals surface area contributed by atoms with Gasteiger partial charge in [-0.1, -0.05) is 24.3 Å². The molecule has 2 fully saturated rings. The Labute approximate surface area is 253 Å². The van der Waals surface area contributed by atoms with E-state index < -0.39 is 0 Å². The van der Waals surface area contributed by atoms with E-state index >= 15 is 0 Å². The van der Waals surface area contributed by atoms with Crippen LogP contribution < -0.4 is 4.74 Å². The molecule has 3 aromatic carbocycles. The highest BCUT2D eigenvalue weighted by molar-refractivity contribution is 5.98. The number of ether oxygens (including phenoxy) is 3. The normalized spacial score (nSPS) is 17.9. The zero-order valence-corrected chi connectivity index (χ0v) is 24.9. The van der Waals surface area contributed by atoms with Gasteiger partial charge in [0.05, 0.1) is 13.7 Å². The number of rotatable bonds is 12. The first kappa shape index (κ1) is 30.9. The SMILES string of the molecule is COc1cccc(CN(CCN2CCC(C(=O)c3ccc(F)cc3)CC2)C(=O)c2ccc(COC3CCCCO3)cc2)c1. The quantitative estimate of drug-likeness (QED) is 0.238. The number of carbonyl (C=O) groups excluding carboxylic acids is 2. The van der Waals surface area contributed by atoms with Crippen LogP contribution in [0.15, 0.2) is 72.8 Å². The van der Waals surface area contributed by atoms with Gasteiger partial charge in [0.1, 0.15) is 11.6 Å². The Morgan fingerprint density at radius 2 is 1.67 bits per heavy atom. The van der Waals surface area contributed by atoms with E-state index in [1.165, 1.54) is 12.1 Å². The highest BCUT2D eigenvalue weighted by atomic mass is 19.1. The van der Waals surface area contributed by atoms with Crippen LogP contribution in [0.2, 0.25) is 0 Å². The van der Waals surface area contributed by atoms with Gasteiger partial charge in [-0.2, -0.15) is 0 Å². The summed E-state index contributed by atoms with van der Waals surface area (Å²) in [7, 11) is 1.64. The maximum atomic E-state index is 13.8. The number of benzene rings is 3. The Bertz CT molecular complexity index is 1330. The number of halogens is 1. The zero-order chi connectivity index (χ0) is 30.0. The molecule has 228 valence electrons. The van der Waals surface area contributed by atoms with Crippen LogP contribution in [0.3, 0.4) is 0 Å². The van der Waals surface area contributed by atoms with Crippen molar-refractivity contribution in [3.8, 4) is 5.75 Å². The average Bonchev–Trinajstić information content (AvgIpc) is 3.06. The van der Waals surface area contributed by atoms with Gasteiger partial charge in [0.25, 0.3) is 5.91 Å². The molecule has 0 radical (unpaired) electrons. The minimum absolute atomic E-state index is 0.0349. The van der Waals surface area contributed by atoms with Gasteiger partial charge in [0.2, 0.25) is 0 Å². The molecular weight excluding hydrogens is 547 g/mol. The summed E-state index contributed by atoms with van der Waals surface area (Å²) in [4.78, 5) is 30.9. The minimum atomic E-state index is -0.339. The second-order valence-electron chi connectivity index (χ2n) is 11.4. The van der Waals surface area contributed by atoms with Crippen molar-refractivity contribution < 1.29 is 28.2 Å². The van der Waals surface area contributed by atoms with Crippen LogP contribution in [0, 0.1) is 11.7 Å². The van der Waals surface area contributed by atoms with Gasteiger partial charge in [-0.25, -0.2) is 4.39 Å². The van der Waals surface area contributed by atoms with E-state index in [9.17, 15) is 14.0 Å². The van der Waals surface area contributed by atoms with Crippen LogP contribution in [0.5, 0.6) is 5.75 Å². The molecule has 0 bridgehead atoms. The lowest BCUT2D eigenvalue weighted by Crippen LogP contribution is -2.42. The highest BCUT2D eigenvalue weighted by Crippen LogP contribution is 2.23. The van der Waals surface area contributed by atoms with Crippen LogP contribution >= 0.6 is 0 Å². The van der Waals surface area contributed by atoms with Gasteiger partial charge in [-0.15, -0.1) is 0 Å². The molecule has 43 heavy (non-hydrogen) atoms. The molecule has 2 saturated heterocycles. The van der Waals surface area contributed by atoms with Gasteiger partial charge in [-0.3, -0.25) is 9.59 Å². The number of hydrogen-bond donors (Lipinski definition) is 0. The number of likely N-dealkylation sites (tertiary alicyclic amines) is 1. The van der Waals surface area contributed by atoms with E-state index in [2.05, 4.69) is 4.90 Å². The van der Waals surface area contributed by atoms with Crippen LogP contribution in [-0.4, -0.2) is 67.7 Å². The highest BCUT2D eigenvalue weighted by Gasteiger charge is 2.27. The molecule has 8 heteroatoms. The number of carbonyl (C=O) groups is 2. The molecule has 0 spiro atoms. The molecule has 0 aliphatic carbocycles. The maximum absolute atomic E-state index is 13.8. The van der Waals surface area contributed by atoms with Crippen molar-refractivity contribution in [2.75, 3.05) is 39.9 Å².